The standard InChI is InChI=1S/C20H19NO2/c1-14-5-3-4-6-18(14)13-21-10-9-17-12-16(7-8-19(17)21)15(2)11-20(22)23/h3-12H,13H2,1-2H3,(H,22,23)/b15-11+. The minimum Gasteiger partial charge on any atom is -0.478 e. The van der Waals surface area contributed by atoms with E-state index >= 15 is 0 Å². The highest BCUT2D eigenvalue weighted by atomic mass is 16.4. The number of aromatic nitrogens is 1. The second kappa shape index (κ2) is 6.13. The van der Waals surface area contributed by atoms with Gasteiger partial charge < -0.3 is 9.67 Å². The molecule has 1 heterocycles. The molecule has 3 heteroatoms. The van der Waals surface area contributed by atoms with Gasteiger partial charge in [-0.1, -0.05) is 30.3 Å². The molecular weight excluding hydrogens is 286 g/mol. The van der Waals surface area contributed by atoms with E-state index in [4.69, 9.17) is 5.11 Å². The summed E-state index contributed by atoms with van der Waals surface area (Å²) >= 11 is 0. The molecule has 0 aliphatic heterocycles. The van der Waals surface area contributed by atoms with E-state index < -0.39 is 5.97 Å². The molecule has 0 saturated carbocycles. The first-order valence-corrected chi connectivity index (χ1v) is 7.59. The van der Waals surface area contributed by atoms with Crippen LogP contribution >= 0.6 is 0 Å². The number of allylic oxidation sites excluding steroid dienone is 1. The van der Waals surface area contributed by atoms with Crippen molar-refractivity contribution in [2.24, 2.45) is 0 Å². The molecule has 0 radical (unpaired) electrons. The van der Waals surface area contributed by atoms with Gasteiger partial charge >= 0.3 is 5.97 Å². The lowest BCUT2D eigenvalue weighted by atomic mass is 10.1. The first-order valence-electron chi connectivity index (χ1n) is 7.59. The molecule has 0 saturated heterocycles. The number of aryl methyl sites for hydroxylation is 1. The molecule has 3 rings (SSSR count). The lowest BCUT2D eigenvalue weighted by Crippen LogP contribution is -1.99. The van der Waals surface area contributed by atoms with Gasteiger partial charge in [0, 0.05) is 29.7 Å². The van der Waals surface area contributed by atoms with Gasteiger partial charge in [-0.3, -0.25) is 0 Å². The molecule has 0 spiro atoms. The quantitative estimate of drug-likeness (QED) is 0.722. The number of aliphatic carboxylic acids is 1. The van der Waals surface area contributed by atoms with E-state index in [1.807, 2.05) is 19.1 Å². The van der Waals surface area contributed by atoms with Crippen LogP contribution in [0.25, 0.3) is 16.5 Å². The fraction of sp³-hybridized carbons (Fsp3) is 0.150. The van der Waals surface area contributed by atoms with Gasteiger partial charge in [0.05, 0.1) is 0 Å². The minimum absolute atomic E-state index is 0.756. The highest BCUT2D eigenvalue weighted by Gasteiger charge is 2.06. The van der Waals surface area contributed by atoms with E-state index in [2.05, 4.69) is 54.1 Å². The van der Waals surface area contributed by atoms with E-state index in [0.717, 1.165) is 28.6 Å². The van der Waals surface area contributed by atoms with Crippen LogP contribution < -0.4 is 0 Å². The highest BCUT2D eigenvalue weighted by molar-refractivity contribution is 5.91. The third-order valence-corrected chi connectivity index (χ3v) is 4.17. The van der Waals surface area contributed by atoms with Gasteiger partial charge in [-0.25, -0.2) is 4.79 Å². The Labute approximate surface area is 135 Å². The molecule has 0 unspecified atom stereocenters. The fourth-order valence-electron chi connectivity index (χ4n) is 2.82. The van der Waals surface area contributed by atoms with Crippen molar-refractivity contribution < 1.29 is 9.90 Å². The Hall–Kier alpha value is -2.81. The Morgan fingerprint density at radius 3 is 2.70 bits per heavy atom. The summed E-state index contributed by atoms with van der Waals surface area (Å²) in [7, 11) is 0. The molecule has 0 atom stereocenters. The van der Waals surface area contributed by atoms with Crippen LogP contribution in [0, 0.1) is 6.92 Å². The molecule has 1 N–H and O–H groups in total. The molecule has 3 aromatic rings. The van der Waals surface area contributed by atoms with Crippen molar-refractivity contribution in [2.45, 2.75) is 20.4 Å². The number of fused-ring (bicyclic) bond motifs is 1. The molecular formula is C20H19NO2. The molecule has 0 aliphatic rings. The largest absolute Gasteiger partial charge is 0.478 e. The first-order chi connectivity index (χ1) is 11.0. The first kappa shape index (κ1) is 15.1. The summed E-state index contributed by atoms with van der Waals surface area (Å²) in [6.45, 7) is 4.78. The number of carboxylic acids is 1. The van der Waals surface area contributed by atoms with Gasteiger partial charge in [0.1, 0.15) is 0 Å². The molecule has 0 amide bonds. The zero-order valence-electron chi connectivity index (χ0n) is 13.3. The topological polar surface area (TPSA) is 42.2 Å². The average molecular weight is 305 g/mol. The summed E-state index contributed by atoms with van der Waals surface area (Å²) < 4.78 is 2.22. The molecule has 1 aromatic heterocycles. The smallest absolute Gasteiger partial charge is 0.328 e. The van der Waals surface area contributed by atoms with Crippen LogP contribution in [0.4, 0.5) is 0 Å². The Morgan fingerprint density at radius 2 is 1.96 bits per heavy atom. The molecule has 2 aromatic carbocycles. The average Bonchev–Trinajstić information content (AvgIpc) is 2.91. The number of hydrogen-bond donors (Lipinski definition) is 1. The summed E-state index contributed by atoms with van der Waals surface area (Å²) in [4.78, 5) is 10.8. The molecule has 116 valence electrons. The Balaban J connectivity index is 1.96. The van der Waals surface area contributed by atoms with Crippen molar-refractivity contribution in [3.05, 3.63) is 77.5 Å². The summed E-state index contributed by atoms with van der Waals surface area (Å²) in [5.74, 6) is -0.917. The van der Waals surface area contributed by atoms with Gasteiger partial charge in [-0.05, 0) is 54.3 Å². The summed E-state index contributed by atoms with van der Waals surface area (Å²) in [6, 6.07) is 16.5. The molecule has 23 heavy (non-hydrogen) atoms. The zero-order chi connectivity index (χ0) is 16.4. The number of hydrogen-bond acceptors (Lipinski definition) is 1. The maximum atomic E-state index is 10.8. The van der Waals surface area contributed by atoms with Gasteiger partial charge in [0.15, 0.2) is 0 Å². The summed E-state index contributed by atoms with van der Waals surface area (Å²) in [5, 5.41) is 9.99. The van der Waals surface area contributed by atoms with E-state index in [-0.39, 0.29) is 0 Å². The van der Waals surface area contributed by atoms with Crippen molar-refractivity contribution >= 4 is 22.4 Å². The minimum atomic E-state index is -0.917. The van der Waals surface area contributed by atoms with Crippen LogP contribution in [0.15, 0.2) is 60.8 Å². The monoisotopic (exact) mass is 305 g/mol. The normalized spacial score (nSPS) is 11.8. The maximum absolute atomic E-state index is 10.8. The number of rotatable bonds is 4. The van der Waals surface area contributed by atoms with E-state index in [9.17, 15) is 4.79 Å². The predicted molar refractivity (Wildman–Crippen MR) is 93.5 cm³/mol. The predicted octanol–water partition coefficient (Wildman–Crippen LogP) is 4.49. The fourth-order valence-corrected chi connectivity index (χ4v) is 2.82. The Kier molecular flexibility index (Phi) is 4.02. The summed E-state index contributed by atoms with van der Waals surface area (Å²) in [5.41, 5.74) is 5.43. The zero-order valence-corrected chi connectivity index (χ0v) is 13.3. The van der Waals surface area contributed by atoms with E-state index in [1.165, 1.54) is 17.2 Å². The van der Waals surface area contributed by atoms with Crippen LogP contribution in [0.1, 0.15) is 23.6 Å². The van der Waals surface area contributed by atoms with Gasteiger partial charge in [0.2, 0.25) is 0 Å². The molecule has 0 aliphatic carbocycles. The number of carbonyl (C=O) groups is 1. The number of carboxylic acid groups (broad SMARTS) is 1. The van der Waals surface area contributed by atoms with E-state index in [0.29, 0.717) is 0 Å². The van der Waals surface area contributed by atoms with Crippen LogP contribution in [0.3, 0.4) is 0 Å². The van der Waals surface area contributed by atoms with Crippen molar-refractivity contribution in [1.29, 1.82) is 0 Å². The van der Waals surface area contributed by atoms with E-state index in [1.54, 1.807) is 0 Å². The van der Waals surface area contributed by atoms with Crippen LogP contribution in [-0.4, -0.2) is 15.6 Å². The SMILES string of the molecule is C/C(=C\C(=O)O)c1ccc2c(ccn2Cc2ccccc2C)c1. The third kappa shape index (κ3) is 3.19. The van der Waals surface area contributed by atoms with Crippen molar-refractivity contribution in [1.82, 2.24) is 4.57 Å². The van der Waals surface area contributed by atoms with Crippen LogP contribution in [0.2, 0.25) is 0 Å². The second-order valence-corrected chi connectivity index (χ2v) is 5.81. The third-order valence-electron chi connectivity index (χ3n) is 4.17. The van der Waals surface area contributed by atoms with Gasteiger partial charge in [0.25, 0.3) is 0 Å². The lowest BCUT2D eigenvalue weighted by molar-refractivity contribution is -0.131. The number of benzene rings is 2. The molecule has 0 fully saturated rings. The Bertz CT molecular complexity index is 903. The van der Waals surface area contributed by atoms with Crippen LogP contribution in [-0.2, 0) is 11.3 Å². The summed E-state index contributed by atoms with van der Waals surface area (Å²) in [6.07, 6.45) is 3.32. The number of nitrogens with zero attached hydrogens (tertiary/aromatic N) is 1. The van der Waals surface area contributed by atoms with Crippen molar-refractivity contribution in [3.63, 3.8) is 0 Å². The van der Waals surface area contributed by atoms with Gasteiger partial charge in [-0.15, -0.1) is 0 Å². The Morgan fingerprint density at radius 1 is 1.17 bits per heavy atom. The molecule has 0 bridgehead atoms. The second-order valence-electron chi connectivity index (χ2n) is 5.81. The maximum Gasteiger partial charge on any atom is 0.328 e. The van der Waals surface area contributed by atoms with Crippen LogP contribution in [0.5, 0.6) is 0 Å². The highest BCUT2D eigenvalue weighted by Crippen LogP contribution is 2.23. The van der Waals surface area contributed by atoms with Gasteiger partial charge in [-0.2, -0.15) is 0 Å². The van der Waals surface area contributed by atoms with Crippen molar-refractivity contribution in [3.8, 4) is 0 Å². The van der Waals surface area contributed by atoms with Crippen molar-refractivity contribution in [2.75, 3.05) is 0 Å². The lowest BCUT2D eigenvalue weighted by Gasteiger charge is -2.09. The molecule has 3 nitrogen and oxygen atoms in total.